The average molecular weight is 403 g/mol. The van der Waals surface area contributed by atoms with E-state index < -0.39 is 0 Å². The fraction of sp³-hybridized carbons (Fsp3) is 0.208. The number of benzene rings is 3. The Kier molecular flexibility index (Phi) is 5.07. The minimum absolute atomic E-state index is 0.246. The first kappa shape index (κ1) is 18.6. The Bertz CT molecular complexity index is 1140. The zero-order valence-corrected chi connectivity index (χ0v) is 16.5. The van der Waals surface area contributed by atoms with Crippen molar-refractivity contribution in [1.29, 1.82) is 0 Å². The van der Waals surface area contributed by atoms with Crippen molar-refractivity contribution in [3.8, 4) is 17.1 Å². The number of aromatic amines is 1. The molecule has 4 aromatic rings. The van der Waals surface area contributed by atoms with Crippen molar-refractivity contribution in [2.45, 2.75) is 6.61 Å². The molecule has 1 aliphatic rings. The third-order valence-electron chi connectivity index (χ3n) is 5.28. The molecule has 5 rings (SSSR count). The van der Waals surface area contributed by atoms with Gasteiger partial charge in [0.15, 0.2) is 0 Å². The second kappa shape index (κ2) is 8.16. The molecule has 2 heterocycles. The first-order valence-electron chi connectivity index (χ1n) is 10.1. The normalized spacial score (nSPS) is 14.2. The van der Waals surface area contributed by atoms with Gasteiger partial charge in [-0.3, -0.25) is 0 Å². The molecule has 1 saturated heterocycles. The molecule has 0 radical (unpaired) electrons. The lowest BCUT2D eigenvalue weighted by Gasteiger charge is -2.29. The van der Waals surface area contributed by atoms with Gasteiger partial charge in [-0.1, -0.05) is 30.3 Å². The van der Waals surface area contributed by atoms with Crippen molar-refractivity contribution in [1.82, 2.24) is 9.97 Å². The second-order valence-corrected chi connectivity index (χ2v) is 7.30. The Morgan fingerprint density at radius 3 is 2.53 bits per heavy atom. The summed E-state index contributed by atoms with van der Waals surface area (Å²) in [4.78, 5) is 9.91. The second-order valence-electron chi connectivity index (χ2n) is 7.30. The number of aromatic nitrogens is 2. The molecule has 1 N–H and O–H groups in total. The van der Waals surface area contributed by atoms with Crippen LogP contribution in [0.1, 0.15) is 5.56 Å². The highest BCUT2D eigenvalue weighted by molar-refractivity contribution is 5.83. The van der Waals surface area contributed by atoms with Crippen LogP contribution in [-0.4, -0.2) is 36.3 Å². The number of anilines is 1. The van der Waals surface area contributed by atoms with Gasteiger partial charge in [-0.15, -0.1) is 0 Å². The maximum Gasteiger partial charge on any atom is 0.148 e. The number of nitrogens with one attached hydrogen (secondary N) is 1. The van der Waals surface area contributed by atoms with E-state index in [4.69, 9.17) is 9.47 Å². The van der Waals surface area contributed by atoms with Gasteiger partial charge in [-0.25, -0.2) is 9.37 Å². The summed E-state index contributed by atoms with van der Waals surface area (Å²) in [6, 6.07) is 21.1. The lowest BCUT2D eigenvalue weighted by molar-refractivity contribution is 0.122. The van der Waals surface area contributed by atoms with Crippen molar-refractivity contribution >= 4 is 16.7 Å². The summed E-state index contributed by atoms with van der Waals surface area (Å²) in [5.74, 6) is 1.25. The summed E-state index contributed by atoms with van der Waals surface area (Å²) in [5.41, 5.74) is 4.05. The largest absolute Gasteiger partial charge is 0.489 e. The number of H-pyrrole nitrogens is 1. The molecule has 1 aliphatic heterocycles. The molecule has 30 heavy (non-hydrogen) atoms. The van der Waals surface area contributed by atoms with Crippen LogP contribution in [0, 0.1) is 5.82 Å². The van der Waals surface area contributed by atoms with Crippen molar-refractivity contribution < 1.29 is 13.9 Å². The molecule has 152 valence electrons. The van der Waals surface area contributed by atoms with E-state index in [9.17, 15) is 4.39 Å². The number of fused-ring (bicyclic) bond motifs is 1. The standard InChI is InChI=1S/C24H22FN3O2/c25-20-14-21-22(15-23(20)28-10-12-29-13-11-28)27-24(26-21)18-6-8-19(9-7-18)30-16-17-4-2-1-3-5-17/h1-9,14-15H,10-13,16H2,(H,26,27). The Morgan fingerprint density at radius 1 is 1.00 bits per heavy atom. The topological polar surface area (TPSA) is 50.4 Å². The Morgan fingerprint density at radius 2 is 1.77 bits per heavy atom. The molecule has 5 nitrogen and oxygen atoms in total. The van der Waals surface area contributed by atoms with Crippen molar-refractivity contribution in [2.24, 2.45) is 0 Å². The van der Waals surface area contributed by atoms with Gasteiger partial charge in [0.1, 0.15) is 24.0 Å². The highest BCUT2D eigenvalue weighted by Gasteiger charge is 2.17. The van der Waals surface area contributed by atoms with Crippen LogP contribution in [-0.2, 0) is 11.3 Å². The summed E-state index contributed by atoms with van der Waals surface area (Å²) in [7, 11) is 0. The summed E-state index contributed by atoms with van der Waals surface area (Å²) in [6.45, 7) is 3.12. The van der Waals surface area contributed by atoms with Gasteiger partial charge in [0.2, 0.25) is 0 Å². The molecule has 6 heteroatoms. The number of rotatable bonds is 5. The van der Waals surface area contributed by atoms with Crippen LogP contribution in [0.15, 0.2) is 66.7 Å². The monoisotopic (exact) mass is 403 g/mol. The van der Waals surface area contributed by atoms with Crippen LogP contribution in [0.3, 0.4) is 0 Å². The van der Waals surface area contributed by atoms with Gasteiger partial charge in [-0.05, 0) is 35.9 Å². The van der Waals surface area contributed by atoms with E-state index in [1.165, 1.54) is 6.07 Å². The van der Waals surface area contributed by atoms with Crippen LogP contribution in [0.2, 0.25) is 0 Å². The SMILES string of the molecule is Fc1cc2[nH]c(-c3ccc(OCc4ccccc4)cc3)nc2cc1N1CCOCC1. The predicted octanol–water partition coefficient (Wildman–Crippen LogP) is 4.78. The van der Waals surface area contributed by atoms with Gasteiger partial charge < -0.3 is 19.4 Å². The minimum Gasteiger partial charge on any atom is -0.489 e. The van der Waals surface area contributed by atoms with Crippen LogP contribution < -0.4 is 9.64 Å². The molecule has 0 bridgehead atoms. The molecule has 0 aliphatic carbocycles. The number of imidazole rings is 1. The van der Waals surface area contributed by atoms with E-state index in [-0.39, 0.29) is 5.82 Å². The number of halogens is 1. The highest BCUT2D eigenvalue weighted by Crippen LogP contribution is 2.28. The molecule has 3 aromatic carbocycles. The number of hydrogen-bond donors (Lipinski definition) is 1. The molecule has 0 atom stereocenters. The molecular formula is C24H22FN3O2. The van der Waals surface area contributed by atoms with Gasteiger partial charge in [-0.2, -0.15) is 0 Å². The summed E-state index contributed by atoms with van der Waals surface area (Å²) in [5, 5.41) is 0. The molecule has 0 saturated carbocycles. The molecule has 0 unspecified atom stereocenters. The fourth-order valence-electron chi connectivity index (χ4n) is 3.65. The molecule has 0 amide bonds. The summed E-state index contributed by atoms with van der Waals surface area (Å²) >= 11 is 0. The highest BCUT2D eigenvalue weighted by atomic mass is 19.1. The van der Waals surface area contributed by atoms with Crippen LogP contribution in [0.5, 0.6) is 5.75 Å². The van der Waals surface area contributed by atoms with Gasteiger partial charge in [0, 0.05) is 24.7 Å². The van der Waals surface area contributed by atoms with E-state index in [0.29, 0.717) is 49.9 Å². The Balaban J connectivity index is 1.35. The van der Waals surface area contributed by atoms with Gasteiger partial charge in [0.05, 0.1) is 29.9 Å². The minimum atomic E-state index is -0.246. The van der Waals surface area contributed by atoms with Crippen molar-refractivity contribution in [2.75, 3.05) is 31.2 Å². The Hall–Kier alpha value is -3.38. The number of hydrogen-bond acceptors (Lipinski definition) is 4. The van der Waals surface area contributed by atoms with E-state index in [1.807, 2.05) is 65.6 Å². The summed E-state index contributed by atoms with van der Waals surface area (Å²) < 4.78 is 25.9. The van der Waals surface area contributed by atoms with E-state index >= 15 is 0 Å². The lowest BCUT2D eigenvalue weighted by atomic mass is 10.2. The van der Waals surface area contributed by atoms with Crippen molar-refractivity contribution in [3.63, 3.8) is 0 Å². The number of morpholine rings is 1. The molecular weight excluding hydrogens is 381 g/mol. The first-order chi connectivity index (χ1) is 14.8. The van der Waals surface area contributed by atoms with Crippen molar-refractivity contribution in [3.05, 3.63) is 78.1 Å². The fourth-order valence-corrected chi connectivity index (χ4v) is 3.65. The summed E-state index contributed by atoms with van der Waals surface area (Å²) in [6.07, 6.45) is 0. The third-order valence-corrected chi connectivity index (χ3v) is 5.28. The van der Waals surface area contributed by atoms with Crippen LogP contribution in [0.4, 0.5) is 10.1 Å². The number of nitrogens with zero attached hydrogens (tertiary/aromatic N) is 2. The van der Waals surface area contributed by atoms with E-state index in [0.717, 1.165) is 22.4 Å². The van der Waals surface area contributed by atoms with Gasteiger partial charge in [0.25, 0.3) is 0 Å². The zero-order chi connectivity index (χ0) is 20.3. The molecule has 1 fully saturated rings. The zero-order valence-electron chi connectivity index (χ0n) is 16.5. The average Bonchev–Trinajstić information content (AvgIpc) is 3.21. The lowest BCUT2D eigenvalue weighted by Crippen LogP contribution is -2.36. The Labute approximate surface area is 174 Å². The molecule has 1 aromatic heterocycles. The van der Waals surface area contributed by atoms with Crippen LogP contribution in [0.25, 0.3) is 22.4 Å². The van der Waals surface area contributed by atoms with E-state index in [2.05, 4.69) is 9.97 Å². The smallest absolute Gasteiger partial charge is 0.148 e. The van der Waals surface area contributed by atoms with Gasteiger partial charge >= 0.3 is 0 Å². The quantitative estimate of drug-likeness (QED) is 0.521. The predicted molar refractivity (Wildman–Crippen MR) is 115 cm³/mol. The first-order valence-corrected chi connectivity index (χ1v) is 10.1. The third kappa shape index (κ3) is 3.86. The maximum absolute atomic E-state index is 14.6. The van der Waals surface area contributed by atoms with E-state index in [1.54, 1.807) is 0 Å². The number of ether oxygens (including phenoxy) is 2. The molecule has 0 spiro atoms. The van der Waals surface area contributed by atoms with Crippen LogP contribution >= 0.6 is 0 Å². The maximum atomic E-state index is 14.6.